The summed E-state index contributed by atoms with van der Waals surface area (Å²) in [5.74, 6) is -0.205. The monoisotopic (exact) mass is 328 g/mol. The Labute approximate surface area is 140 Å². The Morgan fingerprint density at radius 1 is 1.25 bits per heavy atom. The highest BCUT2D eigenvalue weighted by Gasteiger charge is 2.25. The summed E-state index contributed by atoms with van der Waals surface area (Å²) < 4.78 is 5.00. The number of likely N-dealkylation sites (tertiary alicyclic amines) is 1. The van der Waals surface area contributed by atoms with Crippen molar-refractivity contribution in [2.45, 2.75) is 25.8 Å². The second-order valence-electron chi connectivity index (χ2n) is 5.67. The molecule has 0 saturated carbocycles. The minimum atomic E-state index is -0.288. The van der Waals surface area contributed by atoms with Crippen LogP contribution in [-0.4, -0.2) is 52.6 Å². The fraction of sp³-hybridized carbons (Fsp3) is 0.412. The summed E-state index contributed by atoms with van der Waals surface area (Å²) in [5, 5.41) is 3.75. The van der Waals surface area contributed by atoms with Gasteiger partial charge in [0.15, 0.2) is 0 Å². The summed E-state index contributed by atoms with van der Waals surface area (Å²) in [5.41, 5.74) is 1.13. The van der Waals surface area contributed by atoms with Gasteiger partial charge in [-0.15, -0.1) is 0 Å². The van der Waals surface area contributed by atoms with Gasteiger partial charge in [-0.3, -0.25) is 4.79 Å². The molecule has 1 aromatic heterocycles. The van der Waals surface area contributed by atoms with Gasteiger partial charge >= 0.3 is 6.09 Å². The summed E-state index contributed by atoms with van der Waals surface area (Å²) >= 11 is 0. The van der Waals surface area contributed by atoms with Crippen LogP contribution in [0, 0.1) is 0 Å². The minimum Gasteiger partial charge on any atom is -0.450 e. The van der Waals surface area contributed by atoms with E-state index in [0.29, 0.717) is 38.2 Å². The van der Waals surface area contributed by atoms with Crippen LogP contribution in [0.1, 0.15) is 30.3 Å². The maximum absolute atomic E-state index is 12.5. The molecule has 2 amide bonds. The summed E-state index contributed by atoms with van der Waals surface area (Å²) in [6, 6.07) is 7.46. The summed E-state index contributed by atoms with van der Waals surface area (Å²) in [7, 11) is 0. The van der Waals surface area contributed by atoms with Crippen LogP contribution in [0.15, 0.2) is 30.6 Å². The Morgan fingerprint density at radius 2 is 2.00 bits per heavy atom. The van der Waals surface area contributed by atoms with Crippen molar-refractivity contribution in [2.24, 2.45) is 0 Å². The average molecular weight is 328 g/mol. The van der Waals surface area contributed by atoms with Crippen molar-refractivity contribution in [3.05, 3.63) is 36.3 Å². The number of piperidine rings is 1. The molecule has 1 fully saturated rings. The zero-order valence-corrected chi connectivity index (χ0v) is 13.6. The first-order chi connectivity index (χ1) is 11.7. The van der Waals surface area contributed by atoms with E-state index in [1.165, 1.54) is 6.33 Å². The fourth-order valence-corrected chi connectivity index (χ4v) is 2.86. The van der Waals surface area contributed by atoms with E-state index in [0.717, 1.165) is 10.9 Å². The predicted octanol–water partition coefficient (Wildman–Crippen LogP) is 1.98. The number of nitrogens with one attached hydrogen (secondary N) is 1. The molecule has 0 spiro atoms. The van der Waals surface area contributed by atoms with E-state index in [-0.39, 0.29) is 18.0 Å². The third-order valence-electron chi connectivity index (χ3n) is 4.11. The molecule has 7 nitrogen and oxygen atoms in total. The van der Waals surface area contributed by atoms with Crippen molar-refractivity contribution in [2.75, 3.05) is 19.7 Å². The van der Waals surface area contributed by atoms with Crippen LogP contribution in [0.5, 0.6) is 0 Å². The van der Waals surface area contributed by atoms with Gasteiger partial charge in [-0.05, 0) is 25.8 Å². The Hall–Kier alpha value is -2.70. The van der Waals surface area contributed by atoms with E-state index in [1.807, 2.05) is 24.3 Å². The average Bonchev–Trinajstić information content (AvgIpc) is 2.62. The molecule has 24 heavy (non-hydrogen) atoms. The SMILES string of the molecule is CCOC(=O)N1CCC(NC(=O)c2ncnc3ccccc23)CC1. The van der Waals surface area contributed by atoms with Crippen LogP contribution in [-0.2, 0) is 4.74 Å². The maximum Gasteiger partial charge on any atom is 0.409 e. The topological polar surface area (TPSA) is 84.4 Å². The van der Waals surface area contributed by atoms with Gasteiger partial charge in [0.25, 0.3) is 5.91 Å². The van der Waals surface area contributed by atoms with E-state index in [9.17, 15) is 9.59 Å². The number of fused-ring (bicyclic) bond motifs is 1. The number of hydrogen-bond acceptors (Lipinski definition) is 5. The van der Waals surface area contributed by atoms with Crippen LogP contribution in [0.4, 0.5) is 4.79 Å². The molecule has 2 aromatic rings. The highest BCUT2D eigenvalue weighted by molar-refractivity contribution is 6.04. The first-order valence-electron chi connectivity index (χ1n) is 8.11. The molecule has 0 atom stereocenters. The second-order valence-corrected chi connectivity index (χ2v) is 5.67. The van der Waals surface area contributed by atoms with Crippen molar-refractivity contribution in [3.8, 4) is 0 Å². The largest absolute Gasteiger partial charge is 0.450 e. The zero-order valence-electron chi connectivity index (χ0n) is 13.6. The highest BCUT2D eigenvalue weighted by Crippen LogP contribution is 2.16. The molecule has 2 heterocycles. The summed E-state index contributed by atoms with van der Waals surface area (Å²) in [6.07, 6.45) is 2.52. The lowest BCUT2D eigenvalue weighted by Gasteiger charge is -2.31. The number of carbonyl (C=O) groups is 2. The normalized spacial score (nSPS) is 15.3. The van der Waals surface area contributed by atoms with E-state index in [1.54, 1.807) is 11.8 Å². The van der Waals surface area contributed by atoms with E-state index in [4.69, 9.17) is 4.74 Å². The van der Waals surface area contributed by atoms with Gasteiger partial charge in [0.05, 0.1) is 12.1 Å². The molecule has 0 aliphatic carbocycles. The molecule has 1 aliphatic rings. The highest BCUT2D eigenvalue weighted by atomic mass is 16.6. The molecule has 7 heteroatoms. The number of amides is 2. The van der Waals surface area contributed by atoms with Gasteiger partial charge in [-0.1, -0.05) is 18.2 Å². The van der Waals surface area contributed by atoms with E-state index >= 15 is 0 Å². The maximum atomic E-state index is 12.5. The Bertz CT molecular complexity index is 736. The lowest BCUT2D eigenvalue weighted by molar-refractivity contribution is 0.0858. The standard InChI is InChI=1S/C17H20N4O3/c1-2-24-17(23)21-9-7-12(8-10-21)20-16(22)15-13-5-3-4-6-14(13)18-11-19-15/h3-6,11-12H,2,7-10H2,1H3,(H,20,22). The Morgan fingerprint density at radius 3 is 2.75 bits per heavy atom. The lowest BCUT2D eigenvalue weighted by atomic mass is 10.0. The number of rotatable bonds is 3. The number of aromatic nitrogens is 2. The minimum absolute atomic E-state index is 0.0249. The zero-order chi connectivity index (χ0) is 16.9. The molecule has 1 N–H and O–H groups in total. The van der Waals surface area contributed by atoms with Gasteiger partial charge in [0, 0.05) is 24.5 Å². The van der Waals surface area contributed by atoms with Gasteiger partial charge in [-0.25, -0.2) is 14.8 Å². The molecule has 0 unspecified atom stereocenters. The molecular weight excluding hydrogens is 308 g/mol. The lowest BCUT2D eigenvalue weighted by Crippen LogP contribution is -2.46. The van der Waals surface area contributed by atoms with E-state index < -0.39 is 0 Å². The van der Waals surface area contributed by atoms with Gasteiger partial charge < -0.3 is 15.0 Å². The number of ether oxygens (including phenoxy) is 1. The molecule has 0 radical (unpaired) electrons. The summed E-state index contributed by atoms with van der Waals surface area (Å²) in [6.45, 7) is 3.32. The van der Waals surface area contributed by atoms with Crippen LogP contribution in [0.25, 0.3) is 10.9 Å². The molecule has 1 aliphatic heterocycles. The Kier molecular flexibility index (Phi) is 4.88. The summed E-state index contributed by atoms with van der Waals surface area (Å²) in [4.78, 5) is 34.2. The van der Waals surface area contributed by atoms with Crippen LogP contribution < -0.4 is 5.32 Å². The van der Waals surface area contributed by atoms with Crippen molar-refractivity contribution >= 4 is 22.9 Å². The van der Waals surface area contributed by atoms with Crippen molar-refractivity contribution in [1.82, 2.24) is 20.2 Å². The molecule has 1 saturated heterocycles. The molecule has 1 aromatic carbocycles. The van der Waals surface area contributed by atoms with Crippen molar-refractivity contribution < 1.29 is 14.3 Å². The predicted molar refractivity (Wildman–Crippen MR) is 88.6 cm³/mol. The first kappa shape index (κ1) is 16.2. The fourth-order valence-electron chi connectivity index (χ4n) is 2.86. The first-order valence-corrected chi connectivity index (χ1v) is 8.11. The third kappa shape index (κ3) is 3.45. The number of benzene rings is 1. The second kappa shape index (κ2) is 7.25. The third-order valence-corrected chi connectivity index (χ3v) is 4.11. The molecule has 126 valence electrons. The number of carbonyl (C=O) groups excluding carboxylic acids is 2. The smallest absolute Gasteiger partial charge is 0.409 e. The number of hydrogen-bond donors (Lipinski definition) is 1. The van der Waals surface area contributed by atoms with Gasteiger partial charge in [0.2, 0.25) is 0 Å². The quantitative estimate of drug-likeness (QED) is 0.931. The molecule has 3 rings (SSSR count). The van der Waals surface area contributed by atoms with Crippen LogP contribution >= 0.6 is 0 Å². The van der Waals surface area contributed by atoms with Crippen molar-refractivity contribution in [3.63, 3.8) is 0 Å². The van der Waals surface area contributed by atoms with Crippen LogP contribution in [0.3, 0.4) is 0 Å². The Balaban J connectivity index is 1.63. The van der Waals surface area contributed by atoms with Gasteiger partial charge in [-0.2, -0.15) is 0 Å². The van der Waals surface area contributed by atoms with E-state index in [2.05, 4.69) is 15.3 Å². The van der Waals surface area contributed by atoms with Crippen LogP contribution in [0.2, 0.25) is 0 Å². The molecule has 0 bridgehead atoms. The van der Waals surface area contributed by atoms with Gasteiger partial charge in [0.1, 0.15) is 12.0 Å². The number of nitrogens with zero attached hydrogens (tertiary/aromatic N) is 3. The number of para-hydroxylation sites is 1. The van der Waals surface area contributed by atoms with Crippen molar-refractivity contribution in [1.29, 1.82) is 0 Å². The molecular formula is C17H20N4O3.